The highest BCUT2D eigenvalue weighted by Crippen LogP contribution is 2.26. The fraction of sp³-hybridized carbons (Fsp3) is 0.0714. The van der Waals surface area contributed by atoms with Gasteiger partial charge in [0.25, 0.3) is 0 Å². The summed E-state index contributed by atoms with van der Waals surface area (Å²) >= 11 is 13.0. The van der Waals surface area contributed by atoms with E-state index in [2.05, 4.69) is 43.2 Å². The van der Waals surface area contributed by atoms with Crippen LogP contribution in [-0.4, -0.2) is 0 Å². The Balaban J connectivity index is 2.14. The van der Waals surface area contributed by atoms with Gasteiger partial charge >= 0.3 is 0 Å². The van der Waals surface area contributed by atoms with E-state index in [-0.39, 0.29) is 0 Å². The fourth-order valence-corrected chi connectivity index (χ4v) is 2.43. The molecule has 0 unspecified atom stereocenters. The maximum absolute atomic E-state index is 8.87. The summed E-state index contributed by atoms with van der Waals surface area (Å²) in [7, 11) is 0. The van der Waals surface area contributed by atoms with Crippen LogP contribution in [-0.2, 0) is 6.54 Å². The number of halogens is 3. The molecule has 0 aromatic heterocycles. The Morgan fingerprint density at radius 3 is 2.58 bits per heavy atom. The van der Waals surface area contributed by atoms with Crippen molar-refractivity contribution in [1.29, 1.82) is 5.26 Å². The van der Waals surface area contributed by atoms with Gasteiger partial charge in [0.15, 0.2) is 0 Å². The van der Waals surface area contributed by atoms with Gasteiger partial charge in [0.1, 0.15) is 0 Å². The maximum atomic E-state index is 8.87. The third-order valence-corrected chi connectivity index (χ3v) is 4.77. The molecule has 96 valence electrons. The molecule has 2 aromatic carbocycles. The van der Waals surface area contributed by atoms with E-state index in [9.17, 15) is 0 Å². The number of rotatable bonds is 3. The van der Waals surface area contributed by atoms with Crippen molar-refractivity contribution in [2.24, 2.45) is 0 Å². The van der Waals surface area contributed by atoms with E-state index in [4.69, 9.17) is 16.9 Å². The molecule has 0 amide bonds. The van der Waals surface area contributed by atoms with E-state index in [1.807, 2.05) is 18.2 Å². The summed E-state index contributed by atoms with van der Waals surface area (Å²) in [6.45, 7) is 0.639. The molecule has 0 saturated heterocycles. The van der Waals surface area contributed by atoms with Crippen molar-refractivity contribution in [3.8, 4) is 6.07 Å². The van der Waals surface area contributed by atoms with Crippen molar-refractivity contribution in [2.75, 3.05) is 5.32 Å². The van der Waals surface area contributed by atoms with E-state index in [0.717, 1.165) is 20.2 Å². The van der Waals surface area contributed by atoms with Gasteiger partial charge in [-0.2, -0.15) is 5.26 Å². The Bertz CT molecular complexity index is 650. The Morgan fingerprint density at radius 2 is 1.89 bits per heavy atom. The number of anilines is 1. The number of nitrogens with one attached hydrogen (secondary N) is 1. The van der Waals surface area contributed by atoms with Crippen molar-refractivity contribution in [3.05, 3.63) is 61.5 Å². The van der Waals surface area contributed by atoms with Crippen LogP contribution in [0, 0.1) is 11.3 Å². The number of hydrogen-bond donors (Lipinski definition) is 1. The zero-order valence-corrected chi connectivity index (χ0v) is 13.7. The van der Waals surface area contributed by atoms with Gasteiger partial charge in [0.05, 0.1) is 22.3 Å². The van der Waals surface area contributed by atoms with Gasteiger partial charge in [-0.3, -0.25) is 0 Å². The molecule has 1 N–H and O–H groups in total. The summed E-state index contributed by atoms with van der Waals surface area (Å²) < 4.78 is 2.02. The zero-order valence-electron chi connectivity index (χ0n) is 9.75. The molecule has 5 heteroatoms. The lowest BCUT2D eigenvalue weighted by atomic mass is 10.2. The summed E-state index contributed by atoms with van der Waals surface area (Å²) in [5.74, 6) is 0. The van der Waals surface area contributed by atoms with Crippen LogP contribution in [0.2, 0.25) is 5.02 Å². The minimum Gasteiger partial charge on any atom is -0.380 e. The first-order valence-corrected chi connectivity index (χ1v) is 7.44. The summed E-state index contributed by atoms with van der Waals surface area (Å²) in [6, 6.07) is 13.3. The smallest absolute Gasteiger partial charge is 0.0992 e. The highest BCUT2D eigenvalue weighted by atomic mass is 79.9. The Morgan fingerprint density at radius 1 is 1.11 bits per heavy atom. The molecule has 0 saturated carbocycles. The van der Waals surface area contributed by atoms with Crippen LogP contribution in [0.3, 0.4) is 0 Å². The van der Waals surface area contributed by atoms with Gasteiger partial charge in [-0.15, -0.1) is 0 Å². The van der Waals surface area contributed by atoms with Crippen LogP contribution in [0.1, 0.15) is 11.1 Å². The lowest BCUT2D eigenvalue weighted by molar-refractivity contribution is 1.14. The first-order valence-electron chi connectivity index (χ1n) is 5.47. The zero-order chi connectivity index (χ0) is 13.8. The van der Waals surface area contributed by atoms with E-state index in [0.29, 0.717) is 17.1 Å². The lowest BCUT2D eigenvalue weighted by Gasteiger charge is -2.09. The molecule has 0 bridgehead atoms. The van der Waals surface area contributed by atoms with Crippen molar-refractivity contribution in [1.82, 2.24) is 0 Å². The molecule has 0 aliphatic heterocycles. The van der Waals surface area contributed by atoms with E-state index in [1.54, 1.807) is 18.2 Å². The lowest BCUT2D eigenvalue weighted by Crippen LogP contribution is -2.00. The largest absolute Gasteiger partial charge is 0.380 e. The van der Waals surface area contributed by atoms with Gasteiger partial charge in [-0.1, -0.05) is 17.7 Å². The molecular weight excluding hydrogens is 391 g/mol. The quantitative estimate of drug-likeness (QED) is 0.754. The van der Waals surface area contributed by atoms with Crippen molar-refractivity contribution >= 4 is 49.1 Å². The fourth-order valence-electron chi connectivity index (χ4n) is 1.58. The van der Waals surface area contributed by atoms with Gasteiger partial charge in [0, 0.05) is 15.5 Å². The predicted octanol–water partition coefficient (Wildman–Crippen LogP) is 5.35. The molecule has 0 atom stereocenters. The minimum atomic E-state index is 0.587. The van der Waals surface area contributed by atoms with Crippen molar-refractivity contribution in [2.45, 2.75) is 6.54 Å². The first-order chi connectivity index (χ1) is 9.10. The third kappa shape index (κ3) is 3.73. The Hall–Kier alpha value is -1.02. The summed E-state index contributed by atoms with van der Waals surface area (Å²) in [5.41, 5.74) is 2.47. The molecule has 0 radical (unpaired) electrons. The minimum absolute atomic E-state index is 0.587. The molecule has 2 aromatic rings. The Labute approximate surface area is 133 Å². The normalized spacial score (nSPS) is 10.0. The van der Waals surface area contributed by atoms with Gasteiger partial charge in [-0.05, 0) is 67.8 Å². The molecule has 2 rings (SSSR count). The van der Waals surface area contributed by atoms with Crippen molar-refractivity contribution < 1.29 is 0 Å². The second-order valence-electron chi connectivity index (χ2n) is 3.91. The number of nitriles is 1. The van der Waals surface area contributed by atoms with Crippen molar-refractivity contribution in [3.63, 3.8) is 0 Å². The average Bonchev–Trinajstić information content (AvgIpc) is 2.41. The molecule has 2 nitrogen and oxygen atoms in total. The van der Waals surface area contributed by atoms with Crippen LogP contribution in [0.15, 0.2) is 45.3 Å². The second kappa shape index (κ2) is 6.42. The van der Waals surface area contributed by atoms with Gasteiger partial charge in [0.2, 0.25) is 0 Å². The molecule has 0 spiro atoms. The topological polar surface area (TPSA) is 35.8 Å². The van der Waals surface area contributed by atoms with Crippen LogP contribution >= 0.6 is 43.5 Å². The van der Waals surface area contributed by atoms with Gasteiger partial charge in [-0.25, -0.2) is 0 Å². The highest BCUT2D eigenvalue weighted by molar-refractivity contribution is 9.13. The number of nitrogens with zero attached hydrogens (tertiary/aromatic N) is 1. The molecule has 0 aliphatic carbocycles. The Kier molecular flexibility index (Phi) is 4.87. The summed E-state index contributed by atoms with van der Waals surface area (Å²) in [4.78, 5) is 0. The molecule has 0 aliphatic rings. The average molecular weight is 401 g/mol. The SMILES string of the molecule is N#Cc1ccc(Cl)c(NCc2ccc(Br)c(Br)c2)c1. The predicted molar refractivity (Wildman–Crippen MR) is 85.3 cm³/mol. The highest BCUT2D eigenvalue weighted by Gasteiger charge is 2.03. The first kappa shape index (κ1) is 14.4. The number of benzene rings is 2. The van der Waals surface area contributed by atoms with E-state index in [1.165, 1.54) is 0 Å². The second-order valence-corrected chi connectivity index (χ2v) is 6.02. The maximum Gasteiger partial charge on any atom is 0.0992 e. The molecule has 19 heavy (non-hydrogen) atoms. The summed E-state index contributed by atoms with van der Waals surface area (Å²) in [5, 5.41) is 12.7. The van der Waals surface area contributed by atoms with E-state index < -0.39 is 0 Å². The number of hydrogen-bond acceptors (Lipinski definition) is 2. The molecular formula is C14H9Br2ClN2. The third-order valence-electron chi connectivity index (χ3n) is 2.56. The van der Waals surface area contributed by atoms with Gasteiger partial charge < -0.3 is 5.32 Å². The molecule has 0 heterocycles. The van der Waals surface area contributed by atoms with E-state index >= 15 is 0 Å². The standard InChI is InChI=1S/C14H9Br2ClN2/c15-11-3-1-10(5-12(11)16)8-19-14-6-9(7-18)2-4-13(14)17/h1-6,19H,8H2. The van der Waals surface area contributed by atoms with Crippen LogP contribution in [0.4, 0.5) is 5.69 Å². The van der Waals surface area contributed by atoms with Crippen LogP contribution in [0.25, 0.3) is 0 Å². The van der Waals surface area contributed by atoms with Crippen LogP contribution < -0.4 is 5.32 Å². The summed E-state index contributed by atoms with van der Waals surface area (Å²) in [6.07, 6.45) is 0. The van der Waals surface area contributed by atoms with Crippen LogP contribution in [0.5, 0.6) is 0 Å². The monoisotopic (exact) mass is 398 g/mol. The molecule has 0 fully saturated rings.